The second-order valence-corrected chi connectivity index (χ2v) is 5.80. The summed E-state index contributed by atoms with van der Waals surface area (Å²) >= 11 is 3.12. The first-order valence-electron chi connectivity index (χ1n) is 6.08. The standard InChI is InChI=1S/C13H12BrF7O/c14-10-3-1-8(2-4-10)5-9(7-22)6-11(15,12(16,17)18)13(19,20)21/h1-4,9,22H,5-7H2. The van der Waals surface area contributed by atoms with Gasteiger partial charge in [0, 0.05) is 17.5 Å². The SMILES string of the molecule is OCC(Cc1ccc(Br)cc1)CC(F)(C(F)(F)F)C(F)(F)F. The summed E-state index contributed by atoms with van der Waals surface area (Å²) in [4.78, 5) is 0. The van der Waals surface area contributed by atoms with E-state index in [0.29, 0.717) is 10.0 Å². The molecule has 0 saturated carbocycles. The van der Waals surface area contributed by atoms with Crippen molar-refractivity contribution in [2.45, 2.75) is 30.9 Å². The quantitative estimate of drug-likeness (QED) is 0.707. The van der Waals surface area contributed by atoms with E-state index in [1.165, 1.54) is 12.1 Å². The third-order valence-electron chi connectivity index (χ3n) is 3.16. The summed E-state index contributed by atoms with van der Waals surface area (Å²) < 4.78 is 89.3. The Morgan fingerprint density at radius 1 is 0.909 bits per heavy atom. The molecule has 0 amide bonds. The number of hydrogen-bond donors (Lipinski definition) is 1. The van der Waals surface area contributed by atoms with Crippen LogP contribution in [0.3, 0.4) is 0 Å². The van der Waals surface area contributed by atoms with Crippen molar-refractivity contribution in [1.29, 1.82) is 0 Å². The lowest BCUT2D eigenvalue weighted by atomic mass is 9.87. The molecule has 0 saturated heterocycles. The molecule has 126 valence electrons. The average Bonchev–Trinajstić information content (AvgIpc) is 2.37. The Kier molecular flexibility index (Phi) is 5.88. The van der Waals surface area contributed by atoms with E-state index in [9.17, 15) is 30.7 Å². The molecule has 0 fully saturated rings. The maximum atomic E-state index is 13.6. The molecule has 1 aromatic carbocycles. The topological polar surface area (TPSA) is 20.2 Å². The monoisotopic (exact) mass is 396 g/mol. The van der Waals surface area contributed by atoms with Crippen molar-refractivity contribution in [1.82, 2.24) is 0 Å². The minimum atomic E-state index is -6.10. The van der Waals surface area contributed by atoms with Gasteiger partial charge in [-0.2, -0.15) is 26.3 Å². The van der Waals surface area contributed by atoms with Crippen molar-refractivity contribution in [3.8, 4) is 0 Å². The van der Waals surface area contributed by atoms with Crippen LogP contribution < -0.4 is 0 Å². The van der Waals surface area contributed by atoms with E-state index in [4.69, 9.17) is 5.11 Å². The Balaban J connectivity index is 2.97. The highest BCUT2D eigenvalue weighted by Gasteiger charge is 2.72. The summed E-state index contributed by atoms with van der Waals surface area (Å²) in [5.41, 5.74) is -4.95. The number of aliphatic hydroxyl groups is 1. The van der Waals surface area contributed by atoms with Crippen molar-refractivity contribution < 1.29 is 35.8 Å². The highest BCUT2D eigenvalue weighted by atomic mass is 79.9. The number of aliphatic hydroxyl groups excluding tert-OH is 1. The van der Waals surface area contributed by atoms with Gasteiger partial charge in [0.2, 0.25) is 0 Å². The molecule has 9 heteroatoms. The summed E-state index contributed by atoms with van der Waals surface area (Å²) in [7, 11) is 0. The van der Waals surface area contributed by atoms with E-state index in [1.807, 2.05) is 0 Å². The second kappa shape index (κ2) is 6.74. The van der Waals surface area contributed by atoms with Crippen LogP contribution in [0.4, 0.5) is 30.7 Å². The minimum absolute atomic E-state index is 0.304. The number of hydrogen-bond acceptors (Lipinski definition) is 1. The molecule has 1 rings (SSSR count). The highest BCUT2D eigenvalue weighted by molar-refractivity contribution is 9.10. The Morgan fingerprint density at radius 3 is 1.73 bits per heavy atom. The van der Waals surface area contributed by atoms with Crippen molar-refractivity contribution in [2.24, 2.45) is 5.92 Å². The third-order valence-corrected chi connectivity index (χ3v) is 3.69. The van der Waals surface area contributed by atoms with Gasteiger partial charge in [0.15, 0.2) is 0 Å². The fraction of sp³-hybridized carbons (Fsp3) is 0.538. The zero-order chi connectivity index (χ0) is 17.2. The molecule has 1 aromatic rings. The van der Waals surface area contributed by atoms with Crippen molar-refractivity contribution in [2.75, 3.05) is 6.61 Å². The first-order chi connectivity index (χ1) is 9.90. The molecule has 22 heavy (non-hydrogen) atoms. The normalized spacial score (nSPS) is 15.0. The van der Waals surface area contributed by atoms with Crippen LogP contribution in [-0.4, -0.2) is 29.7 Å². The lowest BCUT2D eigenvalue weighted by molar-refractivity contribution is -0.346. The summed E-state index contributed by atoms with van der Waals surface area (Å²) in [5, 5.41) is 9.03. The zero-order valence-electron chi connectivity index (χ0n) is 11.0. The van der Waals surface area contributed by atoms with Gasteiger partial charge >= 0.3 is 12.4 Å². The Bertz CT molecular complexity index is 467. The molecule has 1 atom stereocenters. The van der Waals surface area contributed by atoms with Gasteiger partial charge in [0.05, 0.1) is 0 Å². The van der Waals surface area contributed by atoms with Crippen LogP contribution in [0.15, 0.2) is 28.7 Å². The summed E-state index contributed by atoms with van der Waals surface area (Å²) in [5.74, 6) is -1.52. The fourth-order valence-electron chi connectivity index (χ4n) is 1.95. The van der Waals surface area contributed by atoms with Gasteiger partial charge in [-0.25, -0.2) is 4.39 Å². The molecule has 1 N–H and O–H groups in total. The Hall–Kier alpha value is -0.830. The molecule has 0 aliphatic carbocycles. The third kappa shape index (κ3) is 4.34. The predicted molar refractivity (Wildman–Crippen MR) is 69.0 cm³/mol. The van der Waals surface area contributed by atoms with Gasteiger partial charge in [-0.3, -0.25) is 0 Å². The van der Waals surface area contributed by atoms with E-state index in [0.717, 1.165) is 0 Å². The van der Waals surface area contributed by atoms with Gasteiger partial charge in [0.1, 0.15) is 0 Å². The lowest BCUT2D eigenvalue weighted by Crippen LogP contribution is -2.54. The fourth-order valence-corrected chi connectivity index (χ4v) is 2.21. The van der Waals surface area contributed by atoms with E-state index in [1.54, 1.807) is 12.1 Å². The number of halogens is 8. The minimum Gasteiger partial charge on any atom is -0.396 e. The van der Waals surface area contributed by atoms with Crippen LogP contribution in [0, 0.1) is 5.92 Å². The molecular weight excluding hydrogens is 385 g/mol. The van der Waals surface area contributed by atoms with Crippen molar-refractivity contribution in [3.05, 3.63) is 34.3 Å². The Morgan fingerprint density at radius 2 is 1.36 bits per heavy atom. The van der Waals surface area contributed by atoms with Gasteiger partial charge in [-0.05, 0) is 30.0 Å². The average molecular weight is 397 g/mol. The summed E-state index contributed by atoms with van der Waals surface area (Å²) in [6.07, 6.45) is -14.4. The highest BCUT2D eigenvalue weighted by Crippen LogP contribution is 2.50. The largest absolute Gasteiger partial charge is 0.431 e. The molecule has 0 aliphatic rings. The molecule has 0 aromatic heterocycles. The lowest BCUT2D eigenvalue weighted by Gasteiger charge is -2.32. The first kappa shape index (κ1) is 19.2. The van der Waals surface area contributed by atoms with Gasteiger partial charge < -0.3 is 5.11 Å². The van der Waals surface area contributed by atoms with Crippen LogP contribution >= 0.6 is 15.9 Å². The molecular formula is C13H12BrF7O. The van der Waals surface area contributed by atoms with E-state index >= 15 is 0 Å². The van der Waals surface area contributed by atoms with Crippen LogP contribution in [-0.2, 0) is 6.42 Å². The molecule has 1 nitrogen and oxygen atoms in total. The Labute approximate surface area is 130 Å². The molecule has 0 radical (unpaired) electrons. The van der Waals surface area contributed by atoms with Gasteiger partial charge in [-0.1, -0.05) is 28.1 Å². The van der Waals surface area contributed by atoms with Crippen LogP contribution in [0.25, 0.3) is 0 Å². The number of benzene rings is 1. The zero-order valence-corrected chi connectivity index (χ0v) is 12.6. The first-order valence-corrected chi connectivity index (χ1v) is 6.87. The van der Waals surface area contributed by atoms with E-state index in [-0.39, 0.29) is 6.42 Å². The molecule has 1 unspecified atom stereocenters. The predicted octanol–water partition coefficient (Wildman–Crippen LogP) is 4.82. The summed E-state index contributed by atoms with van der Waals surface area (Å²) in [6.45, 7) is -0.992. The smallest absolute Gasteiger partial charge is 0.396 e. The van der Waals surface area contributed by atoms with Crippen LogP contribution in [0.2, 0.25) is 0 Å². The maximum Gasteiger partial charge on any atom is 0.431 e. The van der Waals surface area contributed by atoms with Gasteiger partial charge in [-0.15, -0.1) is 0 Å². The van der Waals surface area contributed by atoms with Crippen molar-refractivity contribution in [3.63, 3.8) is 0 Å². The number of rotatable bonds is 5. The molecule has 0 spiro atoms. The van der Waals surface area contributed by atoms with Gasteiger partial charge in [0.25, 0.3) is 5.67 Å². The van der Waals surface area contributed by atoms with Crippen molar-refractivity contribution >= 4 is 15.9 Å². The number of alkyl halides is 7. The van der Waals surface area contributed by atoms with E-state index in [2.05, 4.69) is 15.9 Å². The molecule has 0 aliphatic heterocycles. The van der Waals surface area contributed by atoms with E-state index < -0.39 is 37.0 Å². The van der Waals surface area contributed by atoms with Crippen LogP contribution in [0.1, 0.15) is 12.0 Å². The maximum absolute atomic E-state index is 13.6. The second-order valence-electron chi connectivity index (χ2n) is 4.88. The summed E-state index contributed by atoms with van der Waals surface area (Å²) in [6, 6.07) is 6.02. The van der Waals surface area contributed by atoms with Crippen LogP contribution in [0.5, 0.6) is 0 Å². The molecule has 0 bridgehead atoms. The molecule has 0 heterocycles.